The van der Waals surface area contributed by atoms with Crippen LogP contribution >= 0.6 is 11.6 Å². The fraction of sp³-hybridized carbons (Fsp3) is 0.857. The molecule has 1 fully saturated rings. The molecule has 0 spiro atoms. The van der Waals surface area contributed by atoms with Gasteiger partial charge >= 0.3 is 5.37 Å². The summed E-state index contributed by atoms with van der Waals surface area (Å²) in [6.07, 6.45) is 0. The molecule has 1 heterocycles. The van der Waals surface area contributed by atoms with E-state index in [9.17, 15) is 4.79 Å². The molecule has 0 aromatic rings. The molecule has 1 aliphatic heterocycles. The van der Waals surface area contributed by atoms with Gasteiger partial charge in [-0.2, -0.15) is 0 Å². The monoisotopic (exact) mass is 176 g/mol. The average Bonchev–Trinajstić information content (AvgIpc) is 1.85. The number of halogens is 1. The molecule has 4 heteroatoms. The Labute approximate surface area is 71.7 Å². The van der Waals surface area contributed by atoms with Gasteiger partial charge in [0.15, 0.2) is 0 Å². The van der Waals surface area contributed by atoms with Gasteiger partial charge in [-0.05, 0) is 25.4 Å². The zero-order chi connectivity index (χ0) is 8.43. The van der Waals surface area contributed by atoms with Crippen molar-refractivity contribution in [3.8, 4) is 0 Å². The average molecular weight is 177 g/mol. The second-order valence-electron chi connectivity index (χ2n) is 3.13. The molecule has 1 N–H and O–H groups in total. The van der Waals surface area contributed by atoms with Crippen LogP contribution in [0.5, 0.6) is 0 Å². The molecule has 1 aliphatic rings. The SMILES string of the molecule is C[C@@H]1CN(C(=O)Cl)C[C@H](C)N1. The fourth-order valence-corrected chi connectivity index (χ4v) is 1.61. The molecule has 0 aliphatic carbocycles. The highest BCUT2D eigenvalue weighted by Crippen LogP contribution is 2.06. The van der Waals surface area contributed by atoms with Crippen molar-refractivity contribution in [1.82, 2.24) is 10.2 Å². The highest BCUT2D eigenvalue weighted by atomic mass is 35.5. The number of nitrogens with one attached hydrogen (secondary N) is 1. The van der Waals surface area contributed by atoms with Gasteiger partial charge < -0.3 is 10.2 Å². The Morgan fingerprint density at radius 2 is 1.91 bits per heavy atom. The Kier molecular flexibility index (Phi) is 2.73. The van der Waals surface area contributed by atoms with E-state index in [0.29, 0.717) is 25.2 Å². The van der Waals surface area contributed by atoms with Gasteiger partial charge in [-0.1, -0.05) is 0 Å². The standard InChI is InChI=1S/C7H13ClN2O/c1-5-3-10(7(8)11)4-6(2)9-5/h5-6,9H,3-4H2,1-2H3/t5-,6+. The van der Waals surface area contributed by atoms with Crippen LogP contribution in [0.15, 0.2) is 0 Å². The molecule has 2 atom stereocenters. The maximum absolute atomic E-state index is 10.8. The normalized spacial score (nSPS) is 32.1. The van der Waals surface area contributed by atoms with Gasteiger partial charge in [-0.3, -0.25) is 4.79 Å². The summed E-state index contributed by atoms with van der Waals surface area (Å²) in [5.41, 5.74) is 0. The number of carbonyl (C=O) groups excluding carboxylic acids is 1. The molecular formula is C7H13ClN2O. The Morgan fingerprint density at radius 1 is 1.45 bits per heavy atom. The summed E-state index contributed by atoms with van der Waals surface area (Å²) in [7, 11) is 0. The van der Waals surface area contributed by atoms with Crippen molar-refractivity contribution in [3.63, 3.8) is 0 Å². The summed E-state index contributed by atoms with van der Waals surface area (Å²) < 4.78 is 0. The molecule has 1 amide bonds. The number of carbonyl (C=O) groups is 1. The van der Waals surface area contributed by atoms with Crippen LogP contribution in [-0.4, -0.2) is 35.4 Å². The van der Waals surface area contributed by atoms with Crippen LogP contribution in [-0.2, 0) is 0 Å². The third-order valence-corrected chi connectivity index (χ3v) is 2.05. The fourth-order valence-electron chi connectivity index (χ4n) is 1.47. The first kappa shape index (κ1) is 8.81. The summed E-state index contributed by atoms with van der Waals surface area (Å²) >= 11 is 5.35. The molecule has 0 aromatic heterocycles. The zero-order valence-electron chi connectivity index (χ0n) is 6.80. The molecule has 0 bridgehead atoms. The molecule has 64 valence electrons. The highest BCUT2D eigenvalue weighted by Gasteiger charge is 2.22. The van der Waals surface area contributed by atoms with E-state index in [1.807, 2.05) is 13.8 Å². The van der Waals surface area contributed by atoms with Crippen LogP contribution in [0.2, 0.25) is 0 Å². The van der Waals surface area contributed by atoms with Crippen molar-refractivity contribution in [3.05, 3.63) is 0 Å². The summed E-state index contributed by atoms with van der Waals surface area (Å²) in [4.78, 5) is 12.4. The van der Waals surface area contributed by atoms with Gasteiger partial charge in [-0.15, -0.1) is 0 Å². The first-order valence-electron chi connectivity index (χ1n) is 3.80. The minimum absolute atomic E-state index is 0.342. The zero-order valence-corrected chi connectivity index (χ0v) is 7.56. The van der Waals surface area contributed by atoms with Gasteiger partial charge in [0.1, 0.15) is 0 Å². The summed E-state index contributed by atoms with van der Waals surface area (Å²) in [5, 5.41) is 2.97. The third-order valence-electron chi connectivity index (χ3n) is 1.81. The first-order chi connectivity index (χ1) is 5.09. The van der Waals surface area contributed by atoms with E-state index in [1.165, 1.54) is 0 Å². The van der Waals surface area contributed by atoms with Crippen LogP contribution in [0.4, 0.5) is 4.79 Å². The molecule has 1 rings (SSSR count). The lowest BCUT2D eigenvalue weighted by atomic mass is 10.2. The van der Waals surface area contributed by atoms with E-state index in [-0.39, 0.29) is 5.37 Å². The lowest BCUT2D eigenvalue weighted by Gasteiger charge is -2.34. The summed E-state index contributed by atoms with van der Waals surface area (Å²) in [5.74, 6) is 0. The second-order valence-corrected chi connectivity index (χ2v) is 3.45. The van der Waals surface area contributed by atoms with Gasteiger partial charge in [0.05, 0.1) is 0 Å². The van der Waals surface area contributed by atoms with E-state index >= 15 is 0 Å². The quantitative estimate of drug-likeness (QED) is 0.442. The van der Waals surface area contributed by atoms with E-state index in [0.717, 1.165) is 0 Å². The molecular weight excluding hydrogens is 164 g/mol. The maximum atomic E-state index is 10.8. The maximum Gasteiger partial charge on any atom is 0.316 e. The number of hydrogen-bond donors (Lipinski definition) is 1. The summed E-state index contributed by atoms with van der Waals surface area (Å²) in [6.45, 7) is 5.52. The van der Waals surface area contributed by atoms with Gasteiger partial charge in [0, 0.05) is 25.2 Å². The van der Waals surface area contributed by atoms with E-state index in [1.54, 1.807) is 4.90 Å². The Bertz CT molecular complexity index is 153. The Balaban J connectivity index is 2.49. The predicted octanol–water partition coefficient (Wildman–Crippen LogP) is 1.03. The minimum Gasteiger partial charge on any atom is -0.326 e. The second kappa shape index (κ2) is 3.41. The summed E-state index contributed by atoms with van der Waals surface area (Å²) in [6, 6.07) is 0.697. The van der Waals surface area contributed by atoms with Crippen molar-refractivity contribution in [2.45, 2.75) is 25.9 Å². The molecule has 11 heavy (non-hydrogen) atoms. The van der Waals surface area contributed by atoms with Gasteiger partial charge in [0.2, 0.25) is 0 Å². The number of hydrogen-bond acceptors (Lipinski definition) is 2. The molecule has 0 unspecified atom stereocenters. The number of nitrogens with zero attached hydrogens (tertiary/aromatic N) is 1. The minimum atomic E-state index is -0.342. The lowest BCUT2D eigenvalue weighted by molar-refractivity contribution is 0.185. The van der Waals surface area contributed by atoms with Crippen molar-refractivity contribution < 1.29 is 4.79 Å². The molecule has 0 aromatic carbocycles. The largest absolute Gasteiger partial charge is 0.326 e. The van der Waals surface area contributed by atoms with Crippen LogP contribution < -0.4 is 5.32 Å². The topological polar surface area (TPSA) is 32.3 Å². The number of piperazine rings is 1. The van der Waals surface area contributed by atoms with Crippen molar-refractivity contribution in [2.75, 3.05) is 13.1 Å². The predicted molar refractivity (Wildman–Crippen MR) is 44.9 cm³/mol. The van der Waals surface area contributed by atoms with E-state index < -0.39 is 0 Å². The van der Waals surface area contributed by atoms with E-state index in [4.69, 9.17) is 11.6 Å². The molecule has 3 nitrogen and oxygen atoms in total. The van der Waals surface area contributed by atoms with Crippen molar-refractivity contribution in [2.24, 2.45) is 0 Å². The van der Waals surface area contributed by atoms with E-state index in [2.05, 4.69) is 5.32 Å². The number of amides is 1. The molecule has 1 saturated heterocycles. The Hall–Kier alpha value is -0.280. The van der Waals surface area contributed by atoms with Crippen molar-refractivity contribution >= 4 is 17.0 Å². The smallest absolute Gasteiger partial charge is 0.316 e. The van der Waals surface area contributed by atoms with Crippen LogP contribution in [0.1, 0.15) is 13.8 Å². The van der Waals surface area contributed by atoms with Crippen LogP contribution in [0.25, 0.3) is 0 Å². The molecule has 0 radical (unpaired) electrons. The van der Waals surface area contributed by atoms with Gasteiger partial charge in [0.25, 0.3) is 0 Å². The highest BCUT2D eigenvalue weighted by molar-refractivity contribution is 6.62. The van der Waals surface area contributed by atoms with Gasteiger partial charge in [-0.25, -0.2) is 0 Å². The number of rotatable bonds is 0. The van der Waals surface area contributed by atoms with Crippen LogP contribution in [0, 0.1) is 0 Å². The van der Waals surface area contributed by atoms with Crippen LogP contribution in [0.3, 0.4) is 0 Å². The Morgan fingerprint density at radius 3 is 2.27 bits per heavy atom. The third kappa shape index (κ3) is 2.34. The first-order valence-corrected chi connectivity index (χ1v) is 4.18. The van der Waals surface area contributed by atoms with Crippen molar-refractivity contribution in [1.29, 1.82) is 0 Å². The molecule has 0 saturated carbocycles. The lowest BCUT2D eigenvalue weighted by Crippen LogP contribution is -2.54.